The van der Waals surface area contributed by atoms with Crippen LogP contribution in [0.25, 0.3) is 0 Å². The maximum atomic E-state index is 13.0. The molecule has 0 radical (unpaired) electrons. The van der Waals surface area contributed by atoms with Crippen LogP contribution in [0.5, 0.6) is 0 Å². The fourth-order valence-corrected chi connectivity index (χ4v) is 7.86. The second-order valence-corrected chi connectivity index (χ2v) is 17.9. The zero-order valence-corrected chi connectivity index (χ0v) is 40.3. The number of rotatable bonds is 43. The summed E-state index contributed by atoms with van der Waals surface area (Å²) >= 11 is 0. The van der Waals surface area contributed by atoms with E-state index in [1.165, 1.54) is 128 Å². The van der Waals surface area contributed by atoms with Gasteiger partial charge in [-0.1, -0.05) is 197 Å². The molecule has 1 heterocycles. The molecular weight excluding hydrogens is 791 g/mol. The van der Waals surface area contributed by atoms with E-state index in [0.717, 1.165) is 70.6 Å². The number of unbranched alkanes of at least 4 members (excludes halogenated alkanes) is 25. The van der Waals surface area contributed by atoms with Gasteiger partial charge in [0.25, 0.3) is 0 Å². The highest BCUT2D eigenvalue weighted by Gasteiger charge is 2.44. The molecule has 0 aromatic carbocycles. The highest BCUT2D eigenvalue weighted by molar-refractivity contribution is 5.76. The minimum absolute atomic E-state index is 0.197. The molecule has 1 aliphatic heterocycles. The van der Waals surface area contributed by atoms with Crippen molar-refractivity contribution in [3.8, 4) is 0 Å². The van der Waals surface area contributed by atoms with Crippen molar-refractivity contribution in [1.29, 1.82) is 0 Å². The molecule has 1 saturated heterocycles. The van der Waals surface area contributed by atoms with Gasteiger partial charge in [0, 0.05) is 6.42 Å². The molecule has 7 atom stereocenters. The molecule has 1 aliphatic rings. The summed E-state index contributed by atoms with van der Waals surface area (Å²) in [5.74, 6) is -0.197. The third-order valence-electron chi connectivity index (χ3n) is 12.0. The van der Waals surface area contributed by atoms with Crippen LogP contribution in [0.1, 0.15) is 219 Å². The van der Waals surface area contributed by atoms with Gasteiger partial charge in [0.15, 0.2) is 6.29 Å². The zero-order valence-electron chi connectivity index (χ0n) is 40.3. The van der Waals surface area contributed by atoms with E-state index >= 15 is 0 Å². The average Bonchev–Trinajstić information content (AvgIpc) is 3.28. The standard InChI is InChI=1S/C54H97NO8/c1-3-5-7-9-11-13-15-17-19-20-21-22-23-24-25-26-27-28-30-32-34-36-38-40-42-44-50(58)55-47(46-62-54-53(61)52(60)51(59)49(45-56)63-54)48(57)43-41-39-37-35-33-31-29-18-16-14-12-10-8-6-4-2/h16,18,21-22,24-25,33,35,41,43,47-49,51-54,56-57,59-61H,3-15,17,19-20,23,26-32,34,36-40,42,44-46H2,1-2H3,(H,55,58)/b18-16+,22-21-,25-24-,35-33+,43-41+. The first-order chi connectivity index (χ1) is 30.8. The van der Waals surface area contributed by atoms with Crippen LogP contribution >= 0.6 is 0 Å². The average molecular weight is 888 g/mol. The molecule has 1 rings (SSSR count). The topological polar surface area (TPSA) is 149 Å². The number of carbonyl (C=O) groups is 1. The third kappa shape index (κ3) is 33.9. The molecule has 1 amide bonds. The van der Waals surface area contributed by atoms with E-state index in [-0.39, 0.29) is 12.5 Å². The van der Waals surface area contributed by atoms with Gasteiger partial charge in [-0.05, 0) is 77.0 Å². The summed E-state index contributed by atoms with van der Waals surface area (Å²) < 4.78 is 11.2. The molecular formula is C54H97NO8. The second kappa shape index (κ2) is 43.8. The van der Waals surface area contributed by atoms with Crippen molar-refractivity contribution in [3.63, 3.8) is 0 Å². The lowest BCUT2D eigenvalue weighted by atomic mass is 9.99. The predicted octanol–water partition coefficient (Wildman–Crippen LogP) is 12.0. The van der Waals surface area contributed by atoms with Crippen LogP contribution in [0.15, 0.2) is 60.8 Å². The zero-order chi connectivity index (χ0) is 45.9. The Morgan fingerprint density at radius 1 is 0.540 bits per heavy atom. The number of nitrogens with one attached hydrogen (secondary N) is 1. The number of hydrogen-bond donors (Lipinski definition) is 6. The highest BCUT2D eigenvalue weighted by Crippen LogP contribution is 2.22. The van der Waals surface area contributed by atoms with Gasteiger partial charge < -0.3 is 40.3 Å². The number of ether oxygens (including phenoxy) is 2. The van der Waals surface area contributed by atoms with Gasteiger partial charge in [-0.15, -0.1) is 0 Å². The Morgan fingerprint density at radius 3 is 1.43 bits per heavy atom. The molecule has 9 heteroatoms. The first-order valence-electron chi connectivity index (χ1n) is 26.0. The number of hydrogen-bond acceptors (Lipinski definition) is 8. The summed E-state index contributed by atoms with van der Waals surface area (Å²) in [6, 6.07) is -0.832. The Labute approximate surface area is 386 Å². The lowest BCUT2D eigenvalue weighted by Gasteiger charge is -2.40. The second-order valence-electron chi connectivity index (χ2n) is 17.9. The van der Waals surface area contributed by atoms with Crippen LogP contribution in [0.2, 0.25) is 0 Å². The molecule has 0 aliphatic carbocycles. The maximum Gasteiger partial charge on any atom is 0.220 e. The van der Waals surface area contributed by atoms with Gasteiger partial charge in [-0.25, -0.2) is 0 Å². The highest BCUT2D eigenvalue weighted by atomic mass is 16.7. The molecule has 0 saturated carbocycles. The summed E-state index contributed by atoms with van der Waals surface area (Å²) in [7, 11) is 0. The van der Waals surface area contributed by atoms with E-state index in [4.69, 9.17) is 9.47 Å². The van der Waals surface area contributed by atoms with Crippen LogP contribution < -0.4 is 5.32 Å². The molecule has 0 bridgehead atoms. The molecule has 1 fully saturated rings. The molecule has 63 heavy (non-hydrogen) atoms. The predicted molar refractivity (Wildman–Crippen MR) is 262 cm³/mol. The number of allylic oxidation sites excluding steroid dienone is 9. The Morgan fingerprint density at radius 2 is 0.952 bits per heavy atom. The van der Waals surface area contributed by atoms with Crippen molar-refractivity contribution >= 4 is 5.91 Å². The smallest absolute Gasteiger partial charge is 0.220 e. The van der Waals surface area contributed by atoms with Crippen LogP contribution in [0.4, 0.5) is 0 Å². The molecule has 366 valence electrons. The summed E-state index contributed by atoms with van der Waals surface area (Å²) in [5.41, 5.74) is 0. The van der Waals surface area contributed by atoms with Crippen LogP contribution in [-0.4, -0.2) is 87.5 Å². The Hall–Kier alpha value is -2.11. The number of carbonyl (C=O) groups excluding carboxylic acids is 1. The van der Waals surface area contributed by atoms with Crippen molar-refractivity contribution in [2.75, 3.05) is 13.2 Å². The van der Waals surface area contributed by atoms with Crippen LogP contribution in [-0.2, 0) is 14.3 Å². The first-order valence-corrected chi connectivity index (χ1v) is 26.0. The quantitative estimate of drug-likeness (QED) is 0.0262. The fourth-order valence-electron chi connectivity index (χ4n) is 7.86. The fraction of sp³-hybridized carbons (Fsp3) is 0.796. The molecule has 0 spiro atoms. The van der Waals surface area contributed by atoms with Gasteiger partial charge >= 0.3 is 0 Å². The lowest BCUT2D eigenvalue weighted by molar-refractivity contribution is -0.302. The monoisotopic (exact) mass is 888 g/mol. The van der Waals surface area contributed by atoms with E-state index in [1.807, 2.05) is 6.08 Å². The summed E-state index contributed by atoms with van der Waals surface area (Å²) in [6.45, 7) is 3.73. The van der Waals surface area contributed by atoms with Gasteiger partial charge in [-0.3, -0.25) is 4.79 Å². The summed E-state index contributed by atoms with van der Waals surface area (Å²) in [4.78, 5) is 13.0. The maximum absolute atomic E-state index is 13.0. The van der Waals surface area contributed by atoms with E-state index in [9.17, 15) is 30.3 Å². The van der Waals surface area contributed by atoms with E-state index in [1.54, 1.807) is 6.08 Å². The Kier molecular flexibility index (Phi) is 40.9. The number of amides is 1. The SMILES string of the molecule is CCCCCCC/C=C/CC/C=C/CC/C=C/C(O)C(COC1OC(CO)C(O)C(O)C1O)NC(=O)CCCCCCCCCCC/C=C\C/C=C\CCCCCCCCCCC. The molecule has 6 N–H and O–H groups in total. The molecule has 9 nitrogen and oxygen atoms in total. The van der Waals surface area contributed by atoms with Gasteiger partial charge in [-0.2, -0.15) is 0 Å². The number of aliphatic hydroxyl groups excluding tert-OH is 5. The Balaban J connectivity index is 2.29. The van der Waals surface area contributed by atoms with Gasteiger partial charge in [0.2, 0.25) is 5.91 Å². The lowest BCUT2D eigenvalue weighted by Crippen LogP contribution is -2.60. The van der Waals surface area contributed by atoms with Crippen molar-refractivity contribution in [3.05, 3.63) is 60.8 Å². The van der Waals surface area contributed by atoms with E-state index < -0.39 is 49.5 Å². The van der Waals surface area contributed by atoms with Crippen molar-refractivity contribution in [2.24, 2.45) is 0 Å². The third-order valence-corrected chi connectivity index (χ3v) is 12.0. The van der Waals surface area contributed by atoms with Crippen molar-refractivity contribution in [1.82, 2.24) is 5.32 Å². The first kappa shape index (κ1) is 58.9. The van der Waals surface area contributed by atoms with Crippen LogP contribution in [0.3, 0.4) is 0 Å². The largest absolute Gasteiger partial charge is 0.394 e. The van der Waals surface area contributed by atoms with Crippen molar-refractivity contribution < 1.29 is 39.8 Å². The van der Waals surface area contributed by atoms with E-state index in [0.29, 0.717) is 6.42 Å². The molecule has 0 aromatic heterocycles. The van der Waals surface area contributed by atoms with Gasteiger partial charge in [0.05, 0.1) is 25.4 Å². The van der Waals surface area contributed by atoms with E-state index in [2.05, 4.69) is 67.8 Å². The normalized spacial score (nSPS) is 20.7. The summed E-state index contributed by atoms with van der Waals surface area (Å²) in [5, 5.41) is 54.3. The van der Waals surface area contributed by atoms with Gasteiger partial charge in [0.1, 0.15) is 24.4 Å². The summed E-state index contributed by atoms with van der Waals surface area (Å²) in [6.07, 6.45) is 51.3. The minimum Gasteiger partial charge on any atom is -0.394 e. The van der Waals surface area contributed by atoms with Crippen LogP contribution in [0, 0.1) is 0 Å². The van der Waals surface area contributed by atoms with Crippen molar-refractivity contribution in [2.45, 2.75) is 262 Å². The number of aliphatic hydroxyl groups is 5. The molecule has 7 unspecified atom stereocenters. The minimum atomic E-state index is -1.58. The molecule has 0 aromatic rings. The Bertz CT molecular complexity index is 1170.